The Labute approximate surface area is 196 Å². The Kier molecular flexibility index (Phi) is 15.1. The van der Waals surface area contributed by atoms with E-state index >= 15 is 0 Å². The lowest BCUT2D eigenvalue weighted by Crippen LogP contribution is -2.38. The van der Waals surface area contributed by atoms with E-state index in [2.05, 4.69) is 18.6 Å². The molecule has 0 saturated heterocycles. The Morgan fingerprint density at radius 1 is 1.18 bits per heavy atom. The van der Waals surface area contributed by atoms with Crippen LogP contribution in [-0.2, 0) is 4.79 Å². The largest absolute Gasteiger partial charge is 0.495 e. The summed E-state index contributed by atoms with van der Waals surface area (Å²) in [6, 6.07) is 12.2. The number of hydrazone groups is 1. The zero-order valence-corrected chi connectivity index (χ0v) is 20.1. The molecule has 33 heavy (non-hydrogen) atoms. The van der Waals surface area contributed by atoms with E-state index in [1.807, 2.05) is 50.9 Å². The van der Waals surface area contributed by atoms with Gasteiger partial charge in [-0.05, 0) is 48.7 Å². The molecule has 0 fully saturated rings. The Balaban J connectivity index is 0.00000189. The van der Waals surface area contributed by atoms with Gasteiger partial charge < -0.3 is 9.84 Å². The summed E-state index contributed by atoms with van der Waals surface area (Å²) in [4.78, 5) is 8.36. The van der Waals surface area contributed by atoms with Gasteiger partial charge in [-0.25, -0.2) is 14.8 Å². The topological polar surface area (TPSA) is 77.4 Å². The Morgan fingerprint density at radius 3 is 2.24 bits per heavy atom. The van der Waals surface area contributed by atoms with Crippen LogP contribution in [-0.4, -0.2) is 36.1 Å². The van der Waals surface area contributed by atoms with Crippen LogP contribution in [0.15, 0.2) is 73.1 Å². The number of carbonyl (C=O) groups is 1. The molecule has 0 radical (unpaired) electrons. The summed E-state index contributed by atoms with van der Waals surface area (Å²) in [6.07, 6.45) is 3.91. The molecular weight excluding hydrogens is 423 g/mol. The van der Waals surface area contributed by atoms with Crippen LogP contribution in [0.25, 0.3) is 0 Å². The molecule has 0 saturated carbocycles. The second-order valence-corrected chi connectivity index (χ2v) is 6.18. The van der Waals surface area contributed by atoms with E-state index in [1.165, 1.54) is 12.1 Å². The predicted octanol–water partition coefficient (Wildman–Crippen LogP) is 5.54. The quantitative estimate of drug-likeness (QED) is 0.211. The lowest BCUT2D eigenvalue weighted by atomic mass is 10.1. The summed E-state index contributed by atoms with van der Waals surface area (Å²) >= 11 is 0. The molecule has 2 rings (SSSR count). The fraction of sp³-hybridized carbons (Fsp3) is 0.280. The third kappa shape index (κ3) is 10.0. The van der Waals surface area contributed by atoms with Crippen LogP contribution in [0.4, 0.5) is 10.1 Å². The van der Waals surface area contributed by atoms with Gasteiger partial charge in [-0.1, -0.05) is 52.1 Å². The summed E-state index contributed by atoms with van der Waals surface area (Å²) in [5, 5.41) is 15.2. The van der Waals surface area contributed by atoms with Crippen LogP contribution in [0.5, 0.6) is 5.75 Å². The minimum Gasteiger partial charge on any atom is -0.495 e. The van der Waals surface area contributed by atoms with Crippen molar-refractivity contribution in [3.8, 4) is 5.75 Å². The van der Waals surface area contributed by atoms with Gasteiger partial charge in [-0.15, -0.1) is 0 Å². The van der Waals surface area contributed by atoms with Crippen LogP contribution in [0.2, 0.25) is 0 Å². The third-order valence-electron chi connectivity index (χ3n) is 4.16. The van der Waals surface area contributed by atoms with Crippen LogP contribution in [0.3, 0.4) is 0 Å². The molecule has 0 aromatic heterocycles. The summed E-state index contributed by atoms with van der Waals surface area (Å²) < 4.78 is 18.8. The maximum absolute atomic E-state index is 13.3. The number of aryl methyl sites for hydroxylation is 1. The highest BCUT2D eigenvalue weighted by Crippen LogP contribution is 2.29. The highest BCUT2D eigenvalue weighted by Gasteiger charge is 2.14. The number of carboxylic acid groups (broad SMARTS) is 1. The van der Waals surface area contributed by atoms with Crippen LogP contribution in [0, 0.1) is 12.7 Å². The lowest BCUT2D eigenvalue weighted by Gasteiger charge is -2.26. The minimum absolute atomic E-state index is 0.250. The van der Waals surface area contributed by atoms with Gasteiger partial charge in [-0.3, -0.25) is 9.80 Å². The number of hydrogen-bond donors (Lipinski definition) is 2. The predicted molar refractivity (Wildman–Crippen MR) is 134 cm³/mol. The summed E-state index contributed by atoms with van der Waals surface area (Å²) in [5.41, 5.74) is 6.77. The fourth-order valence-electron chi connectivity index (χ4n) is 2.65. The van der Waals surface area contributed by atoms with Gasteiger partial charge in [0.25, 0.3) is 6.47 Å². The molecule has 0 bridgehead atoms. The number of anilines is 1. The number of rotatable bonds is 10. The summed E-state index contributed by atoms with van der Waals surface area (Å²) in [5.74, 6) is 0.431. The second kappa shape index (κ2) is 17.0. The van der Waals surface area contributed by atoms with Gasteiger partial charge in [0.1, 0.15) is 23.9 Å². The summed E-state index contributed by atoms with van der Waals surface area (Å²) in [7, 11) is 1.63. The van der Waals surface area contributed by atoms with Crippen molar-refractivity contribution in [2.24, 2.45) is 5.10 Å². The van der Waals surface area contributed by atoms with Crippen molar-refractivity contribution in [3.63, 3.8) is 0 Å². The Hall–Kier alpha value is -3.65. The van der Waals surface area contributed by atoms with Crippen molar-refractivity contribution in [2.45, 2.75) is 34.1 Å². The molecule has 180 valence electrons. The van der Waals surface area contributed by atoms with Crippen molar-refractivity contribution in [3.05, 3.63) is 85.0 Å². The van der Waals surface area contributed by atoms with E-state index in [0.717, 1.165) is 22.5 Å². The third-order valence-corrected chi connectivity index (χ3v) is 4.16. The maximum atomic E-state index is 13.3. The van der Waals surface area contributed by atoms with Crippen LogP contribution < -0.4 is 15.2 Å². The van der Waals surface area contributed by atoms with Crippen molar-refractivity contribution in [2.75, 3.05) is 18.8 Å². The first-order valence-electron chi connectivity index (χ1n) is 10.5. The average Bonchev–Trinajstić information content (AvgIpc) is 2.84. The van der Waals surface area contributed by atoms with Crippen LogP contribution >= 0.6 is 0 Å². The molecule has 0 spiro atoms. The molecule has 0 heterocycles. The zero-order valence-electron chi connectivity index (χ0n) is 20.1. The average molecular weight is 459 g/mol. The van der Waals surface area contributed by atoms with Gasteiger partial charge in [0.15, 0.2) is 0 Å². The van der Waals surface area contributed by atoms with Gasteiger partial charge in [-0.2, -0.15) is 5.10 Å². The molecule has 2 N–H and O–H groups in total. The molecule has 0 unspecified atom stereocenters. The van der Waals surface area contributed by atoms with E-state index in [4.69, 9.17) is 19.7 Å². The number of hydrazine groups is 1. The first-order valence-corrected chi connectivity index (χ1v) is 10.5. The molecule has 0 amide bonds. The van der Waals surface area contributed by atoms with Crippen molar-refractivity contribution in [1.82, 2.24) is 10.4 Å². The standard InChI is InChI=1S/C22H27FN4O.C2H6.CH2O2/c1-6-20(18-10-12-19(23)13-11-18)25-27(16-24-26(7-2)8-3)21-15-17(4)9-14-22(21)28-5;1-2;2-1-3/h7-15,24H,2-3,6,16H2,1,4-5H3;1-2H3;1H,(H,2,3)/b25-20+;;. The monoisotopic (exact) mass is 458 g/mol. The fourth-order valence-corrected chi connectivity index (χ4v) is 2.65. The van der Waals surface area contributed by atoms with Gasteiger partial charge in [0.05, 0.1) is 12.8 Å². The van der Waals surface area contributed by atoms with Crippen LogP contribution in [0.1, 0.15) is 38.3 Å². The molecule has 2 aromatic rings. The second-order valence-electron chi connectivity index (χ2n) is 6.18. The number of ether oxygens (including phenoxy) is 1. The van der Waals surface area contributed by atoms with E-state index in [1.54, 1.807) is 36.7 Å². The Bertz CT molecular complexity index is 878. The number of methoxy groups -OCH3 is 1. The minimum atomic E-state index is -0.273. The molecule has 0 aliphatic carbocycles. The number of hydrogen-bond acceptors (Lipinski definition) is 6. The first-order chi connectivity index (χ1) is 15.9. The zero-order chi connectivity index (χ0) is 25.2. The highest BCUT2D eigenvalue weighted by molar-refractivity contribution is 6.00. The van der Waals surface area contributed by atoms with E-state index < -0.39 is 0 Å². The van der Waals surface area contributed by atoms with Gasteiger partial charge >= 0.3 is 0 Å². The van der Waals surface area contributed by atoms with Crippen molar-refractivity contribution >= 4 is 17.9 Å². The van der Waals surface area contributed by atoms with Gasteiger partial charge in [0, 0.05) is 12.4 Å². The SMILES string of the molecule is C=CN(C=C)NCN(/N=C(\CC)c1ccc(F)cc1)c1cc(C)ccc1OC.CC.O=CO. The smallest absolute Gasteiger partial charge is 0.290 e. The number of nitrogens with zero attached hydrogens (tertiary/aromatic N) is 3. The van der Waals surface area contributed by atoms with Crippen molar-refractivity contribution in [1.29, 1.82) is 0 Å². The van der Waals surface area contributed by atoms with E-state index in [9.17, 15) is 4.39 Å². The highest BCUT2D eigenvalue weighted by atomic mass is 19.1. The molecule has 0 atom stereocenters. The number of benzene rings is 2. The van der Waals surface area contributed by atoms with Crippen molar-refractivity contribution < 1.29 is 19.0 Å². The molecule has 7 nitrogen and oxygen atoms in total. The lowest BCUT2D eigenvalue weighted by molar-refractivity contribution is -0.122. The van der Waals surface area contributed by atoms with E-state index in [0.29, 0.717) is 18.8 Å². The Morgan fingerprint density at radius 2 is 1.76 bits per heavy atom. The molecule has 2 aromatic carbocycles. The number of nitrogens with one attached hydrogen (secondary N) is 1. The molecule has 0 aliphatic rings. The molecular formula is C25H35FN4O3. The molecule has 8 heteroatoms. The van der Waals surface area contributed by atoms with E-state index in [-0.39, 0.29) is 12.3 Å². The van der Waals surface area contributed by atoms with Gasteiger partial charge in [0.2, 0.25) is 0 Å². The summed E-state index contributed by atoms with van der Waals surface area (Å²) in [6.45, 7) is 15.6. The number of halogens is 1. The molecule has 0 aliphatic heterocycles. The maximum Gasteiger partial charge on any atom is 0.290 e. The normalized spacial score (nSPS) is 9.94. The first kappa shape index (κ1) is 29.4.